The summed E-state index contributed by atoms with van der Waals surface area (Å²) < 4.78 is 1.82. The maximum atomic E-state index is 11.2. The van der Waals surface area contributed by atoms with E-state index in [2.05, 4.69) is 20.9 Å². The molecule has 23 heavy (non-hydrogen) atoms. The van der Waals surface area contributed by atoms with Crippen LogP contribution in [-0.2, 0) is 11.3 Å². The lowest BCUT2D eigenvalue weighted by atomic mass is 9.97. The lowest BCUT2D eigenvalue weighted by molar-refractivity contribution is -0.118. The summed E-state index contributed by atoms with van der Waals surface area (Å²) >= 11 is 0. The third-order valence-corrected chi connectivity index (χ3v) is 4.03. The van der Waals surface area contributed by atoms with Crippen molar-refractivity contribution >= 4 is 11.7 Å². The summed E-state index contributed by atoms with van der Waals surface area (Å²) in [5, 5.41) is 8.99. The quantitative estimate of drug-likeness (QED) is 0.908. The fourth-order valence-electron chi connectivity index (χ4n) is 3.04. The largest absolute Gasteiger partial charge is 0.368 e. The van der Waals surface area contributed by atoms with E-state index in [1.54, 1.807) is 18.5 Å². The van der Waals surface area contributed by atoms with Crippen molar-refractivity contribution < 1.29 is 4.79 Å². The van der Waals surface area contributed by atoms with Crippen molar-refractivity contribution in [3.05, 3.63) is 42.1 Å². The number of piperidine rings is 1. The van der Waals surface area contributed by atoms with Crippen LogP contribution in [0.15, 0.2) is 30.6 Å². The molecule has 0 aromatic carbocycles. The van der Waals surface area contributed by atoms with Crippen LogP contribution in [0.2, 0.25) is 0 Å². The lowest BCUT2D eigenvalue weighted by Gasteiger charge is -2.33. The molecule has 0 unspecified atom stereocenters. The Labute approximate surface area is 134 Å². The molecule has 1 amide bonds. The van der Waals surface area contributed by atoms with Crippen LogP contribution in [0.25, 0.3) is 0 Å². The van der Waals surface area contributed by atoms with E-state index in [4.69, 9.17) is 11.0 Å². The van der Waals surface area contributed by atoms with E-state index >= 15 is 0 Å². The second kappa shape index (κ2) is 6.48. The van der Waals surface area contributed by atoms with Gasteiger partial charge in [-0.05, 0) is 25.0 Å². The van der Waals surface area contributed by atoms with E-state index < -0.39 is 0 Å². The van der Waals surface area contributed by atoms with Gasteiger partial charge in [-0.25, -0.2) is 9.97 Å². The zero-order chi connectivity index (χ0) is 16.2. The number of hydrogen-bond donors (Lipinski definition) is 1. The number of nitrogens with zero attached hydrogens (tertiary/aromatic N) is 5. The Kier molecular flexibility index (Phi) is 4.24. The smallest absolute Gasteiger partial charge is 0.237 e. The Morgan fingerprint density at radius 3 is 3.13 bits per heavy atom. The number of imidazole rings is 1. The van der Waals surface area contributed by atoms with Gasteiger partial charge < -0.3 is 15.2 Å². The molecule has 3 rings (SSSR count). The molecule has 1 atom stereocenters. The molecule has 3 heterocycles. The molecule has 0 bridgehead atoms. The highest BCUT2D eigenvalue weighted by atomic mass is 16.1. The predicted octanol–water partition coefficient (Wildman–Crippen LogP) is 1.02. The maximum Gasteiger partial charge on any atom is 0.237 e. The highest BCUT2D eigenvalue weighted by Gasteiger charge is 2.25. The molecule has 1 aliphatic heterocycles. The van der Waals surface area contributed by atoms with Crippen molar-refractivity contribution in [2.75, 3.05) is 18.0 Å². The molecule has 1 saturated heterocycles. The molecule has 2 aromatic rings. The van der Waals surface area contributed by atoms with Gasteiger partial charge in [0, 0.05) is 31.4 Å². The van der Waals surface area contributed by atoms with Gasteiger partial charge in [-0.1, -0.05) is 6.07 Å². The van der Waals surface area contributed by atoms with Crippen molar-refractivity contribution in [2.45, 2.75) is 25.3 Å². The molecule has 7 nitrogen and oxygen atoms in total. The summed E-state index contributed by atoms with van der Waals surface area (Å²) in [6.07, 6.45) is 5.50. The number of carbonyl (C=O) groups excluding carboxylic acids is 1. The number of nitriles is 1. The minimum atomic E-state index is -0.375. The number of rotatable bonds is 4. The van der Waals surface area contributed by atoms with Gasteiger partial charge in [-0.3, -0.25) is 4.79 Å². The molecule has 118 valence electrons. The van der Waals surface area contributed by atoms with Crippen molar-refractivity contribution in [1.29, 1.82) is 5.26 Å². The van der Waals surface area contributed by atoms with Crippen LogP contribution < -0.4 is 10.6 Å². The van der Waals surface area contributed by atoms with E-state index in [1.165, 1.54) is 0 Å². The number of nitrogens with two attached hydrogens (primary N) is 1. The Morgan fingerprint density at radius 2 is 2.35 bits per heavy atom. The SMILES string of the molecule is N#Cc1cccc(N2CCC[C@H](c3nccn3CC(N)=O)C2)n1. The molecule has 2 N–H and O–H groups in total. The number of aromatic nitrogens is 3. The number of hydrogen-bond acceptors (Lipinski definition) is 5. The Bertz CT molecular complexity index is 747. The molecular formula is C16H18N6O. The standard InChI is InChI=1S/C16H18N6O/c17-9-13-4-1-5-15(20-13)21-7-2-3-12(10-21)16-19-6-8-22(16)11-14(18)23/h1,4-6,8,12H,2-3,7,10-11H2,(H2,18,23)/t12-/m0/s1. The molecule has 2 aromatic heterocycles. The van der Waals surface area contributed by atoms with Gasteiger partial charge in [-0.2, -0.15) is 5.26 Å². The minimum Gasteiger partial charge on any atom is -0.368 e. The summed E-state index contributed by atoms with van der Waals surface area (Å²) in [6, 6.07) is 7.53. The molecule has 0 saturated carbocycles. The number of amides is 1. The van der Waals surface area contributed by atoms with Gasteiger partial charge in [0.1, 0.15) is 30.0 Å². The summed E-state index contributed by atoms with van der Waals surface area (Å²) in [7, 11) is 0. The first-order valence-corrected chi connectivity index (χ1v) is 7.59. The van der Waals surface area contributed by atoms with Gasteiger partial charge in [-0.15, -0.1) is 0 Å². The number of primary amides is 1. The molecule has 0 spiro atoms. The normalized spacial score (nSPS) is 17.7. The number of carbonyl (C=O) groups is 1. The Hall–Kier alpha value is -2.88. The monoisotopic (exact) mass is 310 g/mol. The van der Waals surface area contributed by atoms with E-state index in [9.17, 15) is 4.79 Å². The first-order chi connectivity index (χ1) is 11.2. The number of anilines is 1. The molecule has 0 radical (unpaired) electrons. The van der Waals surface area contributed by atoms with Crippen molar-refractivity contribution in [3.63, 3.8) is 0 Å². The zero-order valence-corrected chi connectivity index (χ0v) is 12.7. The Balaban J connectivity index is 1.80. The molecule has 7 heteroatoms. The van der Waals surface area contributed by atoms with Crippen LogP contribution in [-0.4, -0.2) is 33.5 Å². The average molecular weight is 310 g/mol. The van der Waals surface area contributed by atoms with Gasteiger partial charge in [0.05, 0.1) is 0 Å². The zero-order valence-electron chi connectivity index (χ0n) is 12.7. The van der Waals surface area contributed by atoms with E-state index in [1.807, 2.05) is 16.7 Å². The van der Waals surface area contributed by atoms with Gasteiger partial charge in [0.15, 0.2) is 0 Å². The maximum absolute atomic E-state index is 11.2. The van der Waals surface area contributed by atoms with E-state index in [-0.39, 0.29) is 18.4 Å². The van der Waals surface area contributed by atoms with Gasteiger partial charge >= 0.3 is 0 Å². The second-order valence-electron chi connectivity index (χ2n) is 5.66. The summed E-state index contributed by atoms with van der Waals surface area (Å²) in [4.78, 5) is 22.1. The van der Waals surface area contributed by atoms with E-state index in [0.717, 1.165) is 37.6 Å². The third-order valence-electron chi connectivity index (χ3n) is 4.03. The molecular weight excluding hydrogens is 292 g/mol. The molecule has 0 aliphatic carbocycles. The van der Waals surface area contributed by atoms with Crippen LogP contribution >= 0.6 is 0 Å². The average Bonchev–Trinajstić information content (AvgIpc) is 3.02. The topological polar surface area (TPSA) is 101 Å². The first-order valence-electron chi connectivity index (χ1n) is 7.59. The lowest BCUT2D eigenvalue weighted by Crippen LogP contribution is -2.36. The van der Waals surface area contributed by atoms with Crippen LogP contribution in [0, 0.1) is 11.3 Å². The van der Waals surface area contributed by atoms with E-state index in [0.29, 0.717) is 5.69 Å². The summed E-state index contributed by atoms with van der Waals surface area (Å²) in [5.41, 5.74) is 5.71. The first kappa shape index (κ1) is 15.0. The van der Waals surface area contributed by atoms with Crippen molar-refractivity contribution in [3.8, 4) is 6.07 Å². The fourth-order valence-corrected chi connectivity index (χ4v) is 3.04. The number of pyridine rings is 1. The minimum absolute atomic E-state index is 0.147. The highest BCUT2D eigenvalue weighted by molar-refractivity contribution is 5.73. The third kappa shape index (κ3) is 3.31. The predicted molar refractivity (Wildman–Crippen MR) is 84.6 cm³/mol. The molecule has 1 aliphatic rings. The fraction of sp³-hybridized carbons (Fsp3) is 0.375. The summed E-state index contributed by atoms with van der Waals surface area (Å²) in [6.45, 7) is 1.81. The van der Waals surface area contributed by atoms with Crippen molar-refractivity contribution in [2.24, 2.45) is 5.73 Å². The van der Waals surface area contributed by atoms with Crippen LogP contribution in [0.4, 0.5) is 5.82 Å². The highest BCUT2D eigenvalue weighted by Crippen LogP contribution is 2.28. The second-order valence-corrected chi connectivity index (χ2v) is 5.66. The summed E-state index contributed by atoms with van der Waals surface area (Å²) in [5.74, 6) is 1.53. The van der Waals surface area contributed by atoms with Gasteiger partial charge in [0.25, 0.3) is 0 Å². The Morgan fingerprint density at radius 1 is 1.48 bits per heavy atom. The van der Waals surface area contributed by atoms with Crippen LogP contribution in [0.3, 0.4) is 0 Å². The van der Waals surface area contributed by atoms with Gasteiger partial charge in [0.2, 0.25) is 5.91 Å². The van der Waals surface area contributed by atoms with Crippen LogP contribution in [0.1, 0.15) is 30.3 Å². The molecule has 1 fully saturated rings. The van der Waals surface area contributed by atoms with Crippen molar-refractivity contribution in [1.82, 2.24) is 14.5 Å². The van der Waals surface area contributed by atoms with Crippen LogP contribution in [0.5, 0.6) is 0 Å².